The van der Waals surface area contributed by atoms with E-state index < -0.39 is 0 Å². The molecule has 0 aromatic carbocycles. The SMILES string of the molecule is C/C=C/CCNCC(O)COCCCCCC. The molecule has 1 unspecified atom stereocenters. The van der Waals surface area contributed by atoms with Crippen LogP contribution in [-0.4, -0.2) is 37.5 Å². The van der Waals surface area contributed by atoms with E-state index >= 15 is 0 Å². The van der Waals surface area contributed by atoms with Crippen LogP contribution in [0.15, 0.2) is 12.2 Å². The Kier molecular flexibility index (Phi) is 13.4. The molecule has 1 atom stereocenters. The minimum Gasteiger partial charge on any atom is -0.389 e. The number of hydrogen-bond donors (Lipinski definition) is 2. The monoisotopic (exact) mass is 243 g/mol. The summed E-state index contributed by atoms with van der Waals surface area (Å²) in [6.45, 7) is 6.97. The minimum absolute atomic E-state index is 0.383. The lowest BCUT2D eigenvalue weighted by atomic mass is 10.2. The molecule has 0 spiro atoms. The average molecular weight is 243 g/mol. The molecule has 0 heterocycles. The van der Waals surface area contributed by atoms with E-state index in [4.69, 9.17) is 4.74 Å². The lowest BCUT2D eigenvalue weighted by Crippen LogP contribution is -2.31. The molecular weight excluding hydrogens is 214 g/mol. The van der Waals surface area contributed by atoms with Crippen molar-refractivity contribution in [3.05, 3.63) is 12.2 Å². The molecule has 102 valence electrons. The molecule has 0 aliphatic rings. The second-order valence-corrected chi connectivity index (χ2v) is 4.35. The van der Waals surface area contributed by atoms with Crippen molar-refractivity contribution in [2.75, 3.05) is 26.3 Å². The second-order valence-electron chi connectivity index (χ2n) is 4.35. The van der Waals surface area contributed by atoms with Crippen molar-refractivity contribution in [3.8, 4) is 0 Å². The van der Waals surface area contributed by atoms with E-state index in [0.717, 1.165) is 26.0 Å². The number of unbranched alkanes of at least 4 members (excludes halogenated alkanes) is 3. The molecular formula is C14H29NO2. The summed E-state index contributed by atoms with van der Waals surface area (Å²) in [5, 5.41) is 12.8. The van der Waals surface area contributed by atoms with Crippen LogP contribution in [0.25, 0.3) is 0 Å². The third kappa shape index (κ3) is 13.6. The fraction of sp³-hybridized carbons (Fsp3) is 0.857. The number of ether oxygens (including phenoxy) is 1. The summed E-state index contributed by atoms with van der Waals surface area (Å²) in [4.78, 5) is 0. The zero-order valence-corrected chi connectivity index (χ0v) is 11.5. The van der Waals surface area contributed by atoms with Crippen LogP contribution in [0.5, 0.6) is 0 Å². The molecule has 17 heavy (non-hydrogen) atoms. The van der Waals surface area contributed by atoms with Crippen molar-refractivity contribution in [2.24, 2.45) is 0 Å². The summed E-state index contributed by atoms with van der Waals surface area (Å²) in [5.41, 5.74) is 0. The smallest absolute Gasteiger partial charge is 0.0897 e. The Morgan fingerprint density at radius 1 is 1.29 bits per heavy atom. The molecule has 0 aliphatic carbocycles. The van der Waals surface area contributed by atoms with Crippen LogP contribution in [0.1, 0.15) is 46.0 Å². The van der Waals surface area contributed by atoms with Gasteiger partial charge in [0.15, 0.2) is 0 Å². The first kappa shape index (κ1) is 16.6. The predicted octanol–water partition coefficient (Wildman–Crippen LogP) is 2.50. The summed E-state index contributed by atoms with van der Waals surface area (Å²) in [7, 11) is 0. The van der Waals surface area contributed by atoms with Gasteiger partial charge in [0.05, 0.1) is 12.7 Å². The normalized spacial score (nSPS) is 13.4. The number of aliphatic hydroxyl groups excluding tert-OH is 1. The van der Waals surface area contributed by atoms with Gasteiger partial charge in [-0.05, 0) is 26.3 Å². The molecule has 0 radical (unpaired) electrons. The van der Waals surface area contributed by atoms with Crippen LogP contribution in [0.4, 0.5) is 0 Å². The topological polar surface area (TPSA) is 41.5 Å². The first-order chi connectivity index (χ1) is 8.31. The maximum Gasteiger partial charge on any atom is 0.0897 e. The Labute approximate surface area is 106 Å². The predicted molar refractivity (Wildman–Crippen MR) is 73.3 cm³/mol. The summed E-state index contributed by atoms with van der Waals surface area (Å²) < 4.78 is 5.42. The maximum absolute atomic E-state index is 9.60. The van der Waals surface area contributed by atoms with Crippen LogP contribution in [0, 0.1) is 0 Å². The molecule has 0 saturated carbocycles. The number of rotatable bonds is 12. The molecule has 0 aliphatic heterocycles. The Hall–Kier alpha value is -0.380. The van der Waals surface area contributed by atoms with E-state index in [1.165, 1.54) is 19.3 Å². The lowest BCUT2D eigenvalue weighted by Gasteiger charge is -2.11. The van der Waals surface area contributed by atoms with Crippen molar-refractivity contribution in [2.45, 2.75) is 52.1 Å². The summed E-state index contributed by atoms with van der Waals surface area (Å²) in [6.07, 6.45) is 9.65. The Balaban J connectivity index is 3.14. The third-order valence-electron chi connectivity index (χ3n) is 2.56. The molecule has 0 fully saturated rings. The number of nitrogens with one attached hydrogen (secondary N) is 1. The van der Waals surface area contributed by atoms with Gasteiger partial charge in [-0.3, -0.25) is 0 Å². The van der Waals surface area contributed by atoms with Gasteiger partial charge in [-0.25, -0.2) is 0 Å². The molecule has 0 rings (SSSR count). The van der Waals surface area contributed by atoms with Gasteiger partial charge in [-0.15, -0.1) is 0 Å². The highest BCUT2D eigenvalue weighted by Gasteiger charge is 2.02. The fourth-order valence-corrected chi connectivity index (χ4v) is 1.53. The first-order valence-corrected chi connectivity index (χ1v) is 6.89. The average Bonchev–Trinajstić information content (AvgIpc) is 2.33. The molecule has 3 nitrogen and oxygen atoms in total. The van der Waals surface area contributed by atoms with Gasteiger partial charge < -0.3 is 15.2 Å². The van der Waals surface area contributed by atoms with E-state index in [9.17, 15) is 5.11 Å². The zero-order valence-electron chi connectivity index (χ0n) is 11.5. The molecule has 0 amide bonds. The van der Waals surface area contributed by atoms with Gasteiger partial charge in [0.2, 0.25) is 0 Å². The quantitative estimate of drug-likeness (QED) is 0.409. The largest absolute Gasteiger partial charge is 0.389 e. The molecule has 2 N–H and O–H groups in total. The van der Waals surface area contributed by atoms with Gasteiger partial charge in [-0.1, -0.05) is 38.3 Å². The van der Waals surface area contributed by atoms with Crippen LogP contribution in [0.3, 0.4) is 0 Å². The van der Waals surface area contributed by atoms with Gasteiger partial charge in [-0.2, -0.15) is 0 Å². The lowest BCUT2D eigenvalue weighted by molar-refractivity contribution is 0.0356. The highest BCUT2D eigenvalue weighted by molar-refractivity contribution is 4.77. The number of aliphatic hydroxyl groups is 1. The van der Waals surface area contributed by atoms with Crippen molar-refractivity contribution >= 4 is 0 Å². The molecule has 0 bridgehead atoms. The highest BCUT2D eigenvalue weighted by atomic mass is 16.5. The van der Waals surface area contributed by atoms with E-state index in [2.05, 4.69) is 18.3 Å². The van der Waals surface area contributed by atoms with Crippen molar-refractivity contribution in [1.29, 1.82) is 0 Å². The fourth-order valence-electron chi connectivity index (χ4n) is 1.53. The van der Waals surface area contributed by atoms with Crippen LogP contribution in [0.2, 0.25) is 0 Å². The molecule has 3 heteroatoms. The van der Waals surface area contributed by atoms with E-state index in [0.29, 0.717) is 13.2 Å². The summed E-state index contributed by atoms with van der Waals surface area (Å²) in [5.74, 6) is 0. The Morgan fingerprint density at radius 2 is 2.12 bits per heavy atom. The Morgan fingerprint density at radius 3 is 2.82 bits per heavy atom. The summed E-state index contributed by atoms with van der Waals surface area (Å²) >= 11 is 0. The van der Waals surface area contributed by atoms with E-state index in [1.807, 2.05) is 13.0 Å². The van der Waals surface area contributed by atoms with Crippen molar-refractivity contribution in [1.82, 2.24) is 5.32 Å². The minimum atomic E-state index is -0.383. The second kappa shape index (κ2) is 13.7. The molecule has 0 saturated heterocycles. The molecule has 0 aromatic heterocycles. The van der Waals surface area contributed by atoms with E-state index in [1.54, 1.807) is 0 Å². The maximum atomic E-state index is 9.60. The van der Waals surface area contributed by atoms with Crippen LogP contribution < -0.4 is 5.32 Å². The summed E-state index contributed by atoms with van der Waals surface area (Å²) in [6, 6.07) is 0. The van der Waals surface area contributed by atoms with Crippen molar-refractivity contribution < 1.29 is 9.84 Å². The van der Waals surface area contributed by atoms with Gasteiger partial charge >= 0.3 is 0 Å². The van der Waals surface area contributed by atoms with Gasteiger partial charge in [0, 0.05) is 13.2 Å². The standard InChI is InChI=1S/C14H29NO2/c1-3-5-7-9-11-17-13-14(16)12-15-10-8-6-4-2/h4,6,14-16H,3,5,7-13H2,1-2H3/b6-4+. The highest BCUT2D eigenvalue weighted by Crippen LogP contribution is 1.99. The first-order valence-electron chi connectivity index (χ1n) is 6.89. The molecule has 0 aromatic rings. The zero-order chi connectivity index (χ0) is 12.8. The third-order valence-corrected chi connectivity index (χ3v) is 2.56. The number of allylic oxidation sites excluding steroid dienone is 1. The van der Waals surface area contributed by atoms with E-state index in [-0.39, 0.29) is 6.10 Å². The van der Waals surface area contributed by atoms with Crippen LogP contribution >= 0.6 is 0 Å². The number of hydrogen-bond acceptors (Lipinski definition) is 3. The van der Waals surface area contributed by atoms with Crippen LogP contribution in [-0.2, 0) is 4.74 Å². The Bertz CT molecular complexity index is 172. The van der Waals surface area contributed by atoms with Gasteiger partial charge in [0.25, 0.3) is 0 Å². The van der Waals surface area contributed by atoms with Gasteiger partial charge in [0.1, 0.15) is 0 Å². The van der Waals surface area contributed by atoms with Crippen molar-refractivity contribution in [3.63, 3.8) is 0 Å².